The number of piperidine rings is 1. The summed E-state index contributed by atoms with van der Waals surface area (Å²) in [6.07, 6.45) is 9.77. The molecule has 1 rings (SSSR count). The minimum atomic E-state index is 0.170. The summed E-state index contributed by atoms with van der Waals surface area (Å²) >= 11 is 0. The number of guanidine groups is 1. The number of allylic oxidation sites excluding steroid dienone is 3. The number of amides is 1. The van der Waals surface area contributed by atoms with E-state index in [-0.39, 0.29) is 11.9 Å². The van der Waals surface area contributed by atoms with Crippen LogP contribution in [0.1, 0.15) is 33.1 Å². The summed E-state index contributed by atoms with van der Waals surface area (Å²) < 4.78 is 0. The van der Waals surface area contributed by atoms with E-state index in [1.54, 1.807) is 0 Å². The van der Waals surface area contributed by atoms with Crippen molar-refractivity contribution in [2.45, 2.75) is 39.2 Å². The summed E-state index contributed by atoms with van der Waals surface area (Å²) in [6.45, 7) is 6.71. The van der Waals surface area contributed by atoms with Gasteiger partial charge >= 0.3 is 0 Å². The van der Waals surface area contributed by atoms with Crippen LogP contribution in [0.5, 0.6) is 0 Å². The molecule has 6 nitrogen and oxygen atoms in total. The minimum Gasteiger partial charge on any atom is -0.370 e. The molecule has 1 fully saturated rings. The van der Waals surface area contributed by atoms with Crippen LogP contribution in [-0.4, -0.2) is 54.9 Å². The number of nitrogens with zero attached hydrogens (tertiary/aromatic N) is 2. The fourth-order valence-corrected chi connectivity index (χ4v) is 3.03. The average molecular weight is 321 g/mol. The Balaban J connectivity index is 2.53. The first-order chi connectivity index (χ1) is 11.0. The molecule has 1 amide bonds. The van der Waals surface area contributed by atoms with Crippen molar-refractivity contribution >= 4 is 12.4 Å². The van der Waals surface area contributed by atoms with Gasteiger partial charge < -0.3 is 20.9 Å². The lowest BCUT2D eigenvalue weighted by Gasteiger charge is -2.38. The highest BCUT2D eigenvalue weighted by molar-refractivity contribution is 5.74. The van der Waals surface area contributed by atoms with Crippen molar-refractivity contribution in [2.24, 2.45) is 11.7 Å². The van der Waals surface area contributed by atoms with Gasteiger partial charge in [0.2, 0.25) is 6.41 Å². The highest BCUT2D eigenvalue weighted by Crippen LogP contribution is 2.18. The summed E-state index contributed by atoms with van der Waals surface area (Å²) in [4.78, 5) is 15.1. The van der Waals surface area contributed by atoms with E-state index >= 15 is 0 Å². The van der Waals surface area contributed by atoms with Gasteiger partial charge in [0.25, 0.3) is 0 Å². The molecule has 4 N–H and O–H groups in total. The lowest BCUT2D eigenvalue weighted by molar-refractivity contribution is -0.109. The van der Waals surface area contributed by atoms with Crippen LogP contribution in [0.15, 0.2) is 23.9 Å². The van der Waals surface area contributed by atoms with E-state index in [9.17, 15) is 4.79 Å². The van der Waals surface area contributed by atoms with Gasteiger partial charge in [0.05, 0.1) is 0 Å². The summed E-state index contributed by atoms with van der Waals surface area (Å²) in [5.41, 5.74) is 6.52. The van der Waals surface area contributed by atoms with Gasteiger partial charge in [-0.25, -0.2) is 0 Å². The maximum absolute atomic E-state index is 10.8. The second kappa shape index (κ2) is 10.0. The monoisotopic (exact) mass is 321 g/mol. The standard InChI is InChI=1S/C17H31N5O/c1-4-5-6-7-16(20-13-23)14(2)12-21(3)15-8-10-22(11-9-15)17(18)19/h4-5,7,13-15H,6,8-12H2,1-3H3,(H3,18,19)(H,20,23)/b5-4-,16-7+. The summed E-state index contributed by atoms with van der Waals surface area (Å²) in [6, 6.07) is 0.501. The Labute approximate surface area is 139 Å². The van der Waals surface area contributed by atoms with E-state index in [0.29, 0.717) is 6.04 Å². The molecule has 0 saturated carbocycles. The highest BCUT2D eigenvalue weighted by atomic mass is 16.1. The van der Waals surface area contributed by atoms with Crippen molar-refractivity contribution in [3.05, 3.63) is 23.9 Å². The first-order valence-electron chi connectivity index (χ1n) is 8.30. The fraction of sp³-hybridized carbons (Fsp3) is 0.647. The van der Waals surface area contributed by atoms with Crippen molar-refractivity contribution in [3.8, 4) is 0 Å². The van der Waals surface area contributed by atoms with Crippen molar-refractivity contribution < 1.29 is 4.79 Å². The molecule has 6 heteroatoms. The third-order valence-electron chi connectivity index (χ3n) is 4.46. The van der Waals surface area contributed by atoms with Gasteiger partial charge in [-0.15, -0.1) is 0 Å². The number of likely N-dealkylation sites (tertiary alicyclic amines) is 1. The Morgan fingerprint density at radius 2 is 2.13 bits per heavy atom. The topological polar surface area (TPSA) is 85.5 Å². The van der Waals surface area contributed by atoms with E-state index in [1.165, 1.54) is 0 Å². The highest BCUT2D eigenvalue weighted by Gasteiger charge is 2.24. The zero-order valence-corrected chi connectivity index (χ0v) is 14.6. The summed E-state index contributed by atoms with van der Waals surface area (Å²) in [5, 5.41) is 10.3. The Morgan fingerprint density at radius 3 is 2.65 bits per heavy atom. The van der Waals surface area contributed by atoms with Gasteiger partial charge in [-0.1, -0.05) is 25.2 Å². The molecule has 1 aliphatic heterocycles. The quantitative estimate of drug-likeness (QED) is 0.274. The SMILES string of the molecule is C/C=C\C/C=C(/NC=O)C(C)CN(C)C1CCN(C(=N)N)CC1. The van der Waals surface area contributed by atoms with Crippen LogP contribution in [0.25, 0.3) is 0 Å². The van der Waals surface area contributed by atoms with Gasteiger partial charge in [0, 0.05) is 37.3 Å². The molecule has 130 valence electrons. The molecule has 0 bridgehead atoms. The van der Waals surface area contributed by atoms with Crippen LogP contribution in [0, 0.1) is 11.3 Å². The Bertz CT molecular complexity index is 438. The number of nitrogens with two attached hydrogens (primary N) is 1. The molecule has 1 unspecified atom stereocenters. The zero-order chi connectivity index (χ0) is 17.2. The molecule has 0 aliphatic carbocycles. The maximum Gasteiger partial charge on any atom is 0.211 e. The predicted octanol–water partition coefficient (Wildman–Crippen LogP) is 1.51. The average Bonchev–Trinajstić information content (AvgIpc) is 2.54. The number of rotatable bonds is 8. The normalized spacial score (nSPS) is 18.4. The van der Waals surface area contributed by atoms with Gasteiger partial charge in [0.15, 0.2) is 5.96 Å². The number of carbonyl (C=O) groups is 1. The first kappa shape index (κ1) is 19.2. The van der Waals surface area contributed by atoms with Crippen molar-refractivity contribution in [1.82, 2.24) is 15.1 Å². The van der Waals surface area contributed by atoms with E-state index in [2.05, 4.69) is 36.3 Å². The predicted molar refractivity (Wildman–Crippen MR) is 95.0 cm³/mol. The molecule has 0 aromatic carbocycles. The van der Waals surface area contributed by atoms with Crippen molar-refractivity contribution in [2.75, 3.05) is 26.7 Å². The molecular formula is C17H31N5O. The Kier molecular flexibility index (Phi) is 8.40. The molecule has 1 saturated heterocycles. The molecule has 1 aliphatic rings. The zero-order valence-electron chi connectivity index (χ0n) is 14.6. The largest absolute Gasteiger partial charge is 0.370 e. The van der Waals surface area contributed by atoms with E-state index in [4.69, 9.17) is 11.1 Å². The molecule has 0 spiro atoms. The molecule has 0 aromatic heterocycles. The van der Waals surface area contributed by atoms with Crippen LogP contribution in [-0.2, 0) is 4.79 Å². The molecule has 0 radical (unpaired) electrons. The van der Waals surface area contributed by atoms with Gasteiger partial charge in [-0.05, 0) is 33.2 Å². The second-order valence-electron chi connectivity index (χ2n) is 6.17. The van der Waals surface area contributed by atoms with Crippen LogP contribution in [0.2, 0.25) is 0 Å². The van der Waals surface area contributed by atoms with Crippen molar-refractivity contribution in [1.29, 1.82) is 5.41 Å². The Morgan fingerprint density at radius 1 is 1.48 bits per heavy atom. The van der Waals surface area contributed by atoms with Crippen molar-refractivity contribution in [3.63, 3.8) is 0 Å². The van der Waals surface area contributed by atoms with Crippen LogP contribution in [0.4, 0.5) is 0 Å². The van der Waals surface area contributed by atoms with Gasteiger partial charge in [-0.3, -0.25) is 10.2 Å². The minimum absolute atomic E-state index is 0.170. The molecule has 23 heavy (non-hydrogen) atoms. The first-order valence-corrected chi connectivity index (χ1v) is 8.30. The van der Waals surface area contributed by atoms with E-state index in [1.807, 2.05) is 17.9 Å². The number of hydrogen-bond acceptors (Lipinski definition) is 3. The second-order valence-corrected chi connectivity index (χ2v) is 6.17. The molecule has 0 aromatic rings. The molecule has 1 atom stereocenters. The Hall–Kier alpha value is -1.82. The lowest BCUT2D eigenvalue weighted by atomic mass is 10.0. The number of hydrogen-bond donors (Lipinski definition) is 3. The number of nitrogens with one attached hydrogen (secondary N) is 2. The number of carbonyl (C=O) groups excluding carboxylic acids is 1. The smallest absolute Gasteiger partial charge is 0.211 e. The third kappa shape index (κ3) is 6.44. The third-order valence-corrected chi connectivity index (χ3v) is 4.46. The van der Waals surface area contributed by atoms with Crippen LogP contribution in [0.3, 0.4) is 0 Å². The van der Waals surface area contributed by atoms with Gasteiger partial charge in [-0.2, -0.15) is 0 Å². The summed E-state index contributed by atoms with van der Waals surface area (Å²) in [7, 11) is 2.13. The lowest BCUT2D eigenvalue weighted by Crippen LogP contribution is -2.48. The fourth-order valence-electron chi connectivity index (χ4n) is 3.03. The molecule has 1 heterocycles. The molecular weight excluding hydrogens is 290 g/mol. The van der Waals surface area contributed by atoms with E-state index < -0.39 is 0 Å². The van der Waals surface area contributed by atoms with Gasteiger partial charge in [0.1, 0.15) is 0 Å². The maximum atomic E-state index is 10.8. The van der Waals surface area contributed by atoms with E-state index in [0.717, 1.165) is 51.0 Å². The summed E-state index contributed by atoms with van der Waals surface area (Å²) in [5.74, 6) is 0.435. The van der Waals surface area contributed by atoms with Crippen LogP contribution >= 0.6 is 0 Å². The van der Waals surface area contributed by atoms with Crippen LogP contribution < -0.4 is 11.1 Å².